The number of hydrogen-bond donors (Lipinski definition) is 0. The van der Waals surface area contributed by atoms with Crippen LogP contribution >= 0.6 is 11.6 Å². The van der Waals surface area contributed by atoms with Crippen molar-refractivity contribution < 1.29 is 9.59 Å². The first-order valence-corrected chi connectivity index (χ1v) is 8.50. The molecule has 0 N–H and O–H groups in total. The maximum Gasteiger partial charge on any atom is 0.331 e. The molecular formula is C18H19ClN4O2. The lowest BCUT2D eigenvalue weighted by Crippen LogP contribution is -2.46. The number of urea groups is 1. The number of carbonyl (C=O) groups is 2. The lowest BCUT2D eigenvalue weighted by molar-refractivity contribution is 0.0988. The van der Waals surface area contributed by atoms with Crippen LogP contribution in [0.1, 0.15) is 24.2 Å². The number of fused-ring (bicyclic) bond motifs is 2. The zero-order valence-corrected chi connectivity index (χ0v) is 15.1. The van der Waals surface area contributed by atoms with E-state index >= 15 is 0 Å². The minimum absolute atomic E-state index is 0.299. The van der Waals surface area contributed by atoms with Crippen LogP contribution in [0, 0.1) is 0 Å². The van der Waals surface area contributed by atoms with Crippen molar-refractivity contribution >= 4 is 40.7 Å². The number of amides is 3. The Morgan fingerprint density at radius 2 is 1.80 bits per heavy atom. The van der Waals surface area contributed by atoms with E-state index in [-0.39, 0.29) is 11.9 Å². The van der Waals surface area contributed by atoms with Crippen molar-refractivity contribution in [3.05, 3.63) is 47.1 Å². The lowest BCUT2D eigenvalue weighted by Gasteiger charge is -2.28. The molecule has 2 heterocycles. The molecule has 0 fully saturated rings. The first-order chi connectivity index (χ1) is 12.0. The van der Waals surface area contributed by atoms with Gasteiger partial charge in [0.15, 0.2) is 5.82 Å². The second-order valence-corrected chi connectivity index (χ2v) is 6.04. The molecule has 3 amide bonds. The largest absolute Gasteiger partial charge is 0.331 e. The number of para-hydroxylation sites is 1. The van der Waals surface area contributed by atoms with Crippen LogP contribution in [0.25, 0.3) is 0 Å². The van der Waals surface area contributed by atoms with Gasteiger partial charge in [-0.15, -0.1) is 0 Å². The molecule has 0 saturated carbocycles. The molecule has 25 heavy (non-hydrogen) atoms. The molecule has 0 spiro atoms. The third kappa shape index (κ3) is 2.82. The number of benzene rings is 1. The van der Waals surface area contributed by atoms with Crippen LogP contribution in [-0.2, 0) is 0 Å². The van der Waals surface area contributed by atoms with E-state index in [4.69, 9.17) is 11.6 Å². The van der Waals surface area contributed by atoms with Crippen molar-refractivity contribution in [2.24, 2.45) is 0 Å². The van der Waals surface area contributed by atoms with Gasteiger partial charge in [0, 0.05) is 20.1 Å². The van der Waals surface area contributed by atoms with Crippen molar-refractivity contribution in [2.45, 2.75) is 13.8 Å². The summed E-state index contributed by atoms with van der Waals surface area (Å²) in [5.41, 5.74) is 1.54. The number of nitrogens with zero attached hydrogens (tertiary/aromatic N) is 4. The number of hydrogen-bond acceptors (Lipinski definition) is 4. The first-order valence-electron chi connectivity index (χ1n) is 8.12. The minimum Gasteiger partial charge on any atom is -0.327 e. The van der Waals surface area contributed by atoms with Crippen LogP contribution < -0.4 is 9.80 Å². The van der Waals surface area contributed by atoms with E-state index in [9.17, 15) is 9.59 Å². The highest BCUT2D eigenvalue weighted by atomic mass is 35.5. The van der Waals surface area contributed by atoms with Crippen LogP contribution in [0.15, 0.2) is 36.4 Å². The van der Waals surface area contributed by atoms with E-state index in [0.29, 0.717) is 41.0 Å². The Kier molecular flexibility index (Phi) is 4.63. The number of halogens is 1. The third-order valence-electron chi connectivity index (χ3n) is 4.30. The van der Waals surface area contributed by atoms with Crippen molar-refractivity contribution in [3.8, 4) is 0 Å². The van der Waals surface area contributed by atoms with Crippen LogP contribution in [-0.4, -0.2) is 42.0 Å². The van der Waals surface area contributed by atoms with E-state index in [1.54, 1.807) is 41.1 Å². The van der Waals surface area contributed by atoms with E-state index in [0.717, 1.165) is 0 Å². The molecule has 0 unspecified atom stereocenters. The molecule has 2 aromatic rings. The molecule has 130 valence electrons. The van der Waals surface area contributed by atoms with Crippen LogP contribution in [0.3, 0.4) is 0 Å². The van der Waals surface area contributed by atoms with Crippen molar-refractivity contribution in [1.82, 2.24) is 9.88 Å². The molecule has 1 aliphatic rings. The standard InChI is InChI=1S/C18H19ClN4O2/c1-4-22(5-2)18(25)23-14-10-11-15(19)20-16(14)21(3)13-9-7-6-8-12(13)17(23)24/h6-11H,4-5H2,1-3H3. The number of aromatic nitrogens is 1. The molecule has 7 heteroatoms. The molecular weight excluding hydrogens is 340 g/mol. The Morgan fingerprint density at radius 1 is 1.12 bits per heavy atom. The second-order valence-electron chi connectivity index (χ2n) is 5.65. The summed E-state index contributed by atoms with van der Waals surface area (Å²) >= 11 is 6.07. The molecule has 1 aliphatic heterocycles. The van der Waals surface area contributed by atoms with Gasteiger partial charge < -0.3 is 9.80 Å². The molecule has 6 nitrogen and oxygen atoms in total. The highest BCUT2D eigenvalue weighted by Gasteiger charge is 2.36. The maximum absolute atomic E-state index is 13.2. The molecule has 0 aliphatic carbocycles. The SMILES string of the molecule is CCN(CC)C(=O)N1C(=O)c2ccccc2N(C)c2nc(Cl)ccc21. The summed E-state index contributed by atoms with van der Waals surface area (Å²) in [5, 5.41) is 0.299. The molecule has 0 saturated heterocycles. The average Bonchev–Trinajstić information content (AvgIpc) is 2.71. The van der Waals surface area contributed by atoms with Crippen molar-refractivity contribution in [1.29, 1.82) is 0 Å². The number of rotatable bonds is 2. The van der Waals surface area contributed by atoms with Gasteiger partial charge >= 0.3 is 6.03 Å². The molecule has 3 rings (SSSR count). The van der Waals surface area contributed by atoms with E-state index < -0.39 is 0 Å². The van der Waals surface area contributed by atoms with Crippen LogP contribution in [0.4, 0.5) is 22.0 Å². The van der Waals surface area contributed by atoms with Gasteiger partial charge in [-0.3, -0.25) is 4.79 Å². The Labute approximate surface area is 151 Å². The predicted octanol–water partition coefficient (Wildman–Crippen LogP) is 3.92. The van der Waals surface area contributed by atoms with E-state index in [1.165, 1.54) is 4.90 Å². The summed E-state index contributed by atoms with van der Waals surface area (Å²) in [6.45, 7) is 4.77. The fraction of sp³-hybridized carbons (Fsp3) is 0.278. The molecule has 1 aromatic carbocycles. The maximum atomic E-state index is 13.2. The number of imide groups is 1. The van der Waals surface area contributed by atoms with Gasteiger partial charge in [-0.05, 0) is 38.1 Å². The Morgan fingerprint density at radius 3 is 2.48 bits per heavy atom. The van der Waals surface area contributed by atoms with Crippen molar-refractivity contribution in [2.75, 3.05) is 29.9 Å². The average molecular weight is 359 g/mol. The first kappa shape index (κ1) is 17.2. The van der Waals surface area contributed by atoms with Gasteiger partial charge in [0.25, 0.3) is 5.91 Å². The van der Waals surface area contributed by atoms with Gasteiger partial charge in [0.05, 0.1) is 16.9 Å². The molecule has 0 radical (unpaired) electrons. The number of anilines is 3. The minimum atomic E-state index is -0.373. The predicted molar refractivity (Wildman–Crippen MR) is 98.9 cm³/mol. The third-order valence-corrected chi connectivity index (χ3v) is 4.51. The summed E-state index contributed by atoms with van der Waals surface area (Å²) in [4.78, 5) is 35.2. The van der Waals surface area contributed by atoms with Crippen LogP contribution in [0.5, 0.6) is 0 Å². The number of carbonyl (C=O) groups excluding carboxylic acids is 2. The Balaban J connectivity index is 2.26. The Hall–Kier alpha value is -2.60. The van der Waals surface area contributed by atoms with Gasteiger partial charge in [0.1, 0.15) is 5.15 Å². The van der Waals surface area contributed by atoms with Gasteiger partial charge in [-0.1, -0.05) is 23.7 Å². The monoisotopic (exact) mass is 358 g/mol. The van der Waals surface area contributed by atoms with Crippen LogP contribution in [0.2, 0.25) is 5.15 Å². The fourth-order valence-electron chi connectivity index (χ4n) is 2.96. The highest BCUT2D eigenvalue weighted by Crippen LogP contribution is 2.39. The van der Waals surface area contributed by atoms with Gasteiger partial charge in [0.2, 0.25) is 0 Å². The zero-order valence-electron chi connectivity index (χ0n) is 14.4. The normalized spacial score (nSPS) is 13.2. The smallest absolute Gasteiger partial charge is 0.327 e. The van der Waals surface area contributed by atoms with Gasteiger partial charge in [-0.2, -0.15) is 0 Å². The summed E-state index contributed by atoms with van der Waals surface area (Å²) in [7, 11) is 1.81. The fourth-order valence-corrected chi connectivity index (χ4v) is 3.10. The molecule has 0 bridgehead atoms. The molecule has 1 aromatic heterocycles. The van der Waals surface area contributed by atoms with E-state index in [2.05, 4.69) is 4.98 Å². The van der Waals surface area contributed by atoms with Crippen molar-refractivity contribution in [3.63, 3.8) is 0 Å². The molecule has 0 atom stereocenters. The topological polar surface area (TPSA) is 56.8 Å². The Bertz CT molecular complexity index is 836. The van der Waals surface area contributed by atoms with E-state index in [1.807, 2.05) is 26.0 Å². The summed E-state index contributed by atoms with van der Waals surface area (Å²) < 4.78 is 0. The summed E-state index contributed by atoms with van der Waals surface area (Å²) in [6.07, 6.45) is 0. The zero-order chi connectivity index (χ0) is 18.1. The summed E-state index contributed by atoms with van der Waals surface area (Å²) in [6, 6.07) is 10.0. The summed E-state index contributed by atoms with van der Waals surface area (Å²) in [5.74, 6) is 0.0912. The van der Waals surface area contributed by atoms with Gasteiger partial charge in [-0.25, -0.2) is 14.7 Å². The second kappa shape index (κ2) is 6.72. The highest BCUT2D eigenvalue weighted by molar-refractivity contribution is 6.30. The number of pyridine rings is 1. The quantitative estimate of drug-likeness (QED) is 0.763. The lowest BCUT2D eigenvalue weighted by atomic mass is 10.1.